The molecule has 0 aromatic heterocycles. The van der Waals surface area contributed by atoms with Gasteiger partial charge in [0.25, 0.3) is 0 Å². The third kappa shape index (κ3) is 6.50. The Hall–Kier alpha value is -1.61. The highest BCUT2D eigenvalue weighted by molar-refractivity contribution is 9.10. The van der Waals surface area contributed by atoms with Gasteiger partial charge in [0.15, 0.2) is 0 Å². The van der Waals surface area contributed by atoms with Crippen LogP contribution in [-0.4, -0.2) is 59.2 Å². The van der Waals surface area contributed by atoms with Crippen molar-refractivity contribution in [1.29, 1.82) is 0 Å². The molecule has 33 heavy (non-hydrogen) atoms. The maximum atomic E-state index is 12.6. The quantitative estimate of drug-likeness (QED) is 0.538. The topological polar surface area (TPSA) is 61.9 Å². The molecule has 0 unspecified atom stereocenters. The number of methoxy groups -OCH3 is 1. The molecule has 0 bridgehead atoms. The van der Waals surface area contributed by atoms with Crippen molar-refractivity contribution in [3.05, 3.63) is 53.0 Å². The Morgan fingerprint density at radius 3 is 2.30 bits per heavy atom. The van der Waals surface area contributed by atoms with Crippen LogP contribution < -0.4 is 14.4 Å². The first kappa shape index (κ1) is 24.5. The zero-order valence-electron chi connectivity index (χ0n) is 19.2. The summed E-state index contributed by atoms with van der Waals surface area (Å²) >= 11 is 3.35. The van der Waals surface area contributed by atoms with Crippen molar-refractivity contribution in [2.75, 3.05) is 44.7 Å². The molecule has 1 aliphatic heterocycles. The minimum absolute atomic E-state index is 0.0410. The largest absolute Gasteiger partial charge is 0.495 e. The van der Waals surface area contributed by atoms with Gasteiger partial charge < -0.3 is 9.64 Å². The number of rotatable bonds is 8. The Morgan fingerprint density at radius 2 is 1.64 bits per heavy atom. The normalized spacial score (nSPS) is 22.3. The van der Waals surface area contributed by atoms with Crippen molar-refractivity contribution < 1.29 is 13.2 Å². The van der Waals surface area contributed by atoms with Crippen LogP contribution in [0.15, 0.2) is 57.9 Å². The number of anilines is 1. The van der Waals surface area contributed by atoms with Crippen LogP contribution in [-0.2, 0) is 10.0 Å². The van der Waals surface area contributed by atoms with Crippen molar-refractivity contribution in [2.24, 2.45) is 5.92 Å². The standard InChI is InChI=1S/C25H34BrN3O3S/c1-32-25-5-3-2-4-24(25)29-18-16-28(17-19-29)15-14-20-6-10-22(11-7-20)27-33(30,31)23-12-8-21(26)9-13-23/h2-5,8-9,12-13,20,22,27H,6-7,10-11,14-19H2,1H3. The van der Waals surface area contributed by atoms with E-state index in [9.17, 15) is 8.42 Å². The van der Waals surface area contributed by atoms with Gasteiger partial charge in [-0.3, -0.25) is 4.90 Å². The third-order valence-electron chi connectivity index (χ3n) is 6.94. The number of sulfonamides is 1. The van der Waals surface area contributed by atoms with E-state index in [-0.39, 0.29) is 6.04 Å². The Bertz CT molecular complexity index is 1000. The number of hydrogen-bond acceptors (Lipinski definition) is 5. The highest BCUT2D eigenvalue weighted by Crippen LogP contribution is 2.30. The molecule has 180 valence electrons. The number of nitrogens with zero attached hydrogens (tertiary/aromatic N) is 2. The lowest BCUT2D eigenvalue weighted by atomic mass is 9.84. The summed E-state index contributed by atoms with van der Waals surface area (Å²) < 4.78 is 34.6. The molecule has 2 aromatic rings. The Kier molecular flexibility index (Phi) is 8.33. The molecular weight excluding hydrogens is 502 g/mol. The molecule has 4 rings (SSSR count). The molecule has 0 radical (unpaired) electrons. The summed E-state index contributed by atoms with van der Waals surface area (Å²) in [6.45, 7) is 5.30. The van der Waals surface area contributed by atoms with Gasteiger partial charge in [-0.15, -0.1) is 0 Å². The molecular formula is C25H34BrN3O3S. The van der Waals surface area contributed by atoms with Crippen LogP contribution >= 0.6 is 15.9 Å². The van der Waals surface area contributed by atoms with E-state index < -0.39 is 10.0 Å². The van der Waals surface area contributed by atoms with E-state index in [4.69, 9.17) is 4.74 Å². The van der Waals surface area contributed by atoms with Crippen LogP contribution in [0.3, 0.4) is 0 Å². The van der Waals surface area contributed by atoms with Gasteiger partial charge in [0.1, 0.15) is 5.75 Å². The summed E-state index contributed by atoms with van der Waals surface area (Å²) in [5, 5.41) is 0. The van der Waals surface area contributed by atoms with E-state index in [2.05, 4.69) is 42.6 Å². The average molecular weight is 537 g/mol. The van der Waals surface area contributed by atoms with E-state index in [0.29, 0.717) is 10.8 Å². The molecule has 1 heterocycles. The SMILES string of the molecule is COc1ccccc1N1CCN(CCC2CCC(NS(=O)(=O)c3ccc(Br)cc3)CC2)CC1. The van der Waals surface area contributed by atoms with Crippen LogP contribution in [0.25, 0.3) is 0 Å². The number of hydrogen-bond donors (Lipinski definition) is 1. The highest BCUT2D eigenvalue weighted by atomic mass is 79.9. The van der Waals surface area contributed by atoms with Crippen molar-refractivity contribution in [2.45, 2.75) is 43.0 Å². The zero-order chi connectivity index (χ0) is 23.3. The maximum absolute atomic E-state index is 12.6. The lowest BCUT2D eigenvalue weighted by Crippen LogP contribution is -2.47. The van der Waals surface area contributed by atoms with E-state index in [0.717, 1.165) is 68.6 Å². The first-order chi connectivity index (χ1) is 15.9. The molecule has 6 nitrogen and oxygen atoms in total. The molecule has 8 heteroatoms. The highest BCUT2D eigenvalue weighted by Gasteiger charge is 2.27. The molecule has 0 atom stereocenters. The van der Waals surface area contributed by atoms with E-state index >= 15 is 0 Å². The number of piperazine rings is 1. The fourth-order valence-corrected chi connectivity index (χ4v) is 6.51. The molecule has 2 aliphatic rings. The van der Waals surface area contributed by atoms with Crippen LogP contribution in [0, 0.1) is 5.92 Å². The average Bonchev–Trinajstić information content (AvgIpc) is 2.84. The monoisotopic (exact) mass is 535 g/mol. The summed E-state index contributed by atoms with van der Waals surface area (Å²) in [7, 11) is -1.72. The molecule has 2 aromatic carbocycles. The molecule has 0 spiro atoms. The summed E-state index contributed by atoms with van der Waals surface area (Å²) in [6.07, 6.45) is 5.22. The second-order valence-electron chi connectivity index (χ2n) is 9.08. The molecule has 0 amide bonds. The Balaban J connectivity index is 1.18. The van der Waals surface area contributed by atoms with E-state index in [1.165, 1.54) is 12.1 Å². The lowest BCUT2D eigenvalue weighted by Gasteiger charge is -2.37. The first-order valence-corrected chi connectivity index (χ1v) is 14.1. The fourth-order valence-electron chi connectivity index (χ4n) is 4.94. The zero-order valence-corrected chi connectivity index (χ0v) is 21.7. The van der Waals surface area contributed by atoms with Crippen molar-refractivity contribution in [3.63, 3.8) is 0 Å². The van der Waals surface area contributed by atoms with E-state index in [1.54, 1.807) is 31.4 Å². The molecule has 2 fully saturated rings. The van der Waals surface area contributed by atoms with Crippen LogP contribution in [0.2, 0.25) is 0 Å². The van der Waals surface area contributed by atoms with Gasteiger partial charge in [-0.2, -0.15) is 0 Å². The smallest absolute Gasteiger partial charge is 0.240 e. The first-order valence-electron chi connectivity index (χ1n) is 11.8. The van der Waals surface area contributed by atoms with Crippen LogP contribution in [0.4, 0.5) is 5.69 Å². The fraction of sp³-hybridized carbons (Fsp3) is 0.520. The summed E-state index contributed by atoms with van der Waals surface area (Å²) in [5.41, 5.74) is 1.18. The molecule has 1 N–H and O–H groups in total. The number of benzene rings is 2. The van der Waals surface area contributed by atoms with Crippen molar-refractivity contribution >= 4 is 31.6 Å². The summed E-state index contributed by atoms with van der Waals surface area (Å²) in [5.74, 6) is 1.63. The third-order valence-corrected chi connectivity index (χ3v) is 9.01. The maximum Gasteiger partial charge on any atom is 0.240 e. The second kappa shape index (κ2) is 11.2. The number of nitrogens with one attached hydrogen (secondary N) is 1. The number of ether oxygens (including phenoxy) is 1. The number of para-hydroxylation sites is 2. The van der Waals surface area contributed by atoms with Gasteiger partial charge in [-0.25, -0.2) is 13.1 Å². The van der Waals surface area contributed by atoms with Gasteiger partial charge in [0, 0.05) is 36.7 Å². The predicted molar refractivity (Wildman–Crippen MR) is 136 cm³/mol. The summed E-state index contributed by atoms with van der Waals surface area (Å²) in [4.78, 5) is 5.31. The van der Waals surface area contributed by atoms with Crippen molar-refractivity contribution in [1.82, 2.24) is 9.62 Å². The van der Waals surface area contributed by atoms with Gasteiger partial charge in [0.2, 0.25) is 10.0 Å². The van der Waals surface area contributed by atoms with Crippen LogP contribution in [0.5, 0.6) is 5.75 Å². The second-order valence-corrected chi connectivity index (χ2v) is 11.7. The van der Waals surface area contributed by atoms with Gasteiger partial charge >= 0.3 is 0 Å². The Morgan fingerprint density at radius 1 is 0.970 bits per heavy atom. The van der Waals surface area contributed by atoms with Gasteiger partial charge in [-0.05, 0) is 81.0 Å². The Labute approximate surface area is 206 Å². The van der Waals surface area contributed by atoms with Crippen molar-refractivity contribution in [3.8, 4) is 5.75 Å². The molecule has 1 saturated carbocycles. The minimum Gasteiger partial charge on any atom is -0.495 e. The minimum atomic E-state index is -3.45. The van der Waals surface area contributed by atoms with E-state index in [1.807, 2.05) is 12.1 Å². The van der Waals surface area contributed by atoms with Gasteiger partial charge in [-0.1, -0.05) is 28.1 Å². The molecule has 1 saturated heterocycles. The van der Waals surface area contributed by atoms with Crippen LogP contribution in [0.1, 0.15) is 32.1 Å². The predicted octanol–water partition coefficient (Wildman–Crippen LogP) is 4.51. The van der Waals surface area contributed by atoms with Gasteiger partial charge in [0.05, 0.1) is 17.7 Å². The molecule has 1 aliphatic carbocycles. The lowest BCUT2D eigenvalue weighted by molar-refractivity contribution is 0.214. The summed E-state index contributed by atoms with van der Waals surface area (Å²) in [6, 6.07) is 15.1. The number of halogens is 1.